The highest BCUT2D eigenvalue weighted by Crippen LogP contribution is 2.46. The maximum Gasteiger partial charge on any atom is 0.511 e. The Bertz CT molecular complexity index is 1400. The Labute approximate surface area is 225 Å². The number of carbonyl (C=O) groups excluding carboxylic acids is 1. The molecule has 0 saturated carbocycles. The molecule has 198 valence electrons. The van der Waals surface area contributed by atoms with Gasteiger partial charge in [-0.15, -0.1) is 0 Å². The molecule has 8 nitrogen and oxygen atoms in total. The van der Waals surface area contributed by atoms with Crippen LogP contribution >= 0.6 is 11.6 Å². The van der Waals surface area contributed by atoms with Gasteiger partial charge in [-0.25, -0.2) is 28.4 Å². The van der Waals surface area contributed by atoms with Crippen molar-refractivity contribution in [2.75, 3.05) is 25.0 Å². The van der Waals surface area contributed by atoms with Gasteiger partial charge in [0.25, 0.3) is 0 Å². The largest absolute Gasteiger partial charge is 0.511 e. The second kappa shape index (κ2) is 10.3. The molecule has 3 aromatic rings. The molecule has 0 spiro atoms. The zero-order valence-electron chi connectivity index (χ0n) is 21.2. The fraction of sp³-hybridized carbons (Fsp3) is 0.357. The summed E-state index contributed by atoms with van der Waals surface area (Å²) in [6.07, 6.45) is 2.64. The molecule has 10 heteroatoms. The summed E-state index contributed by atoms with van der Waals surface area (Å²) >= 11 is 6.50. The van der Waals surface area contributed by atoms with E-state index in [2.05, 4.69) is 19.6 Å². The second-order valence-electron chi connectivity index (χ2n) is 10.1. The van der Waals surface area contributed by atoms with Gasteiger partial charge in [0, 0.05) is 49.7 Å². The van der Waals surface area contributed by atoms with Crippen LogP contribution in [0.4, 0.5) is 15.0 Å². The van der Waals surface area contributed by atoms with Crippen molar-refractivity contribution in [3.63, 3.8) is 0 Å². The molecule has 1 aliphatic heterocycles. The number of nitrogens with zero attached hydrogens (tertiary/aromatic N) is 4. The first kappa shape index (κ1) is 26.1. The van der Waals surface area contributed by atoms with E-state index in [-0.39, 0.29) is 28.2 Å². The average molecular weight is 540 g/mol. The number of carbonyl (C=O) groups is 2. The van der Waals surface area contributed by atoms with E-state index < -0.39 is 12.0 Å². The molecular weight excluding hydrogens is 511 g/mol. The van der Waals surface area contributed by atoms with Gasteiger partial charge in [0.2, 0.25) is 0 Å². The molecule has 1 amide bonds. The number of aromatic nitrogens is 2. The minimum absolute atomic E-state index is 0.0476. The number of fused-ring (bicyclic) bond motifs is 1. The number of halogens is 2. The molecule has 0 radical (unpaired) electrons. The Morgan fingerprint density at radius 2 is 1.87 bits per heavy atom. The molecule has 0 bridgehead atoms. The van der Waals surface area contributed by atoms with Crippen LogP contribution in [0.2, 0.25) is 5.02 Å². The maximum absolute atomic E-state index is 14.9. The number of ether oxygens (including phenoxy) is 1. The third kappa shape index (κ3) is 4.72. The molecule has 2 aromatic carbocycles. The Hall–Kier alpha value is -3.56. The molecule has 5 rings (SSSR count). The SMILES string of the molecule is Cc1cc(N2CCC([N+](C)(C(=O)c3ccccc3Cl)[C@@H]3CCc4cc(OC(=O)O)c(F)cc43)CC2)ncn1. The summed E-state index contributed by atoms with van der Waals surface area (Å²) in [6.45, 7) is 3.35. The van der Waals surface area contributed by atoms with Gasteiger partial charge >= 0.3 is 12.1 Å². The monoisotopic (exact) mass is 539 g/mol. The summed E-state index contributed by atoms with van der Waals surface area (Å²) in [7, 11) is 1.93. The Morgan fingerprint density at radius 1 is 1.13 bits per heavy atom. The van der Waals surface area contributed by atoms with Crippen LogP contribution in [0.5, 0.6) is 5.75 Å². The molecule has 2 atom stereocenters. The van der Waals surface area contributed by atoms with Crippen molar-refractivity contribution in [3.8, 4) is 5.75 Å². The van der Waals surface area contributed by atoms with Crippen LogP contribution in [-0.4, -0.2) is 57.8 Å². The van der Waals surface area contributed by atoms with Crippen LogP contribution in [0.1, 0.15) is 52.5 Å². The summed E-state index contributed by atoms with van der Waals surface area (Å²) in [5.74, 6) is -0.335. The van der Waals surface area contributed by atoms with Gasteiger partial charge in [0.1, 0.15) is 18.2 Å². The van der Waals surface area contributed by atoms with Gasteiger partial charge in [-0.3, -0.25) is 0 Å². The number of hydrogen-bond acceptors (Lipinski definition) is 6. The molecule has 1 aromatic heterocycles. The summed E-state index contributed by atoms with van der Waals surface area (Å²) in [5.41, 5.74) is 2.82. The summed E-state index contributed by atoms with van der Waals surface area (Å²) in [4.78, 5) is 36.2. The smallest absolute Gasteiger partial charge is 0.449 e. The fourth-order valence-electron chi connectivity index (χ4n) is 6.02. The van der Waals surface area contributed by atoms with Crippen molar-refractivity contribution in [1.29, 1.82) is 0 Å². The van der Waals surface area contributed by atoms with E-state index in [1.807, 2.05) is 20.0 Å². The topological polar surface area (TPSA) is 92.6 Å². The maximum atomic E-state index is 14.9. The van der Waals surface area contributed by atoms with Gasteiger partial charge in [0.05, 0.1) is 23.7 Å². The van der Waals surface area contributed by atoms with Crippen molar-refractivity contribution >= 4 is 29.5 Å². The van der Waals surface area contributed by atoms with Crippen LogP contribution in [0.15, 0.2) is 48.8 Å². The number of quaternary nitrogens is 1. The molecule has 1 fully saturated rings. The number of aryl methyl sites for hydroxylation is 2. The van der Waals surface area contributed by atoms with Crippen molar-refractivity contribution in [1.82, 2.24) is 9.97 Å². The molecule has 1 unspecified atom stereocenters. The Kier molecular flexibility index (Phi) is 7.07. The third-order valence-electron chi connectivity index (χ3n) is 7.96. The lowest BCUT2D eigenvalue weighted by atomic mass is 9.93. The highest BCUT2D eigenvalue weighted by Gasteiger charge is 2.51. The zero-order chi connectivity index (χ0) is 27.0. The van der Waals surface area contributed by atoms with Crippen molar-refractivity contribution in [2.45, 2.75) is 44.7 Å². The van der Waals surface area contributed by atoms with Crippen LogP contribution < -0.4 is 9.64 Å². The summed E-state index contributed by atoms with van der Waals surface area (Å²) in [5, 5.41) is 9.35. The van der Waals surface area contributed by atoms with Gasteiger partial charge in [0.15, 0.2) is 11.6 Å². The molecule has 2 aliphatic rings. The standard InChI is InChI=1S/C28H28ClFN4O4/c1-17-13-26(32-16-31-17)33-11-9-19(10-12-33)34(2,27(35)20-5-3-4-6-22(20)29)24-8-7-18-14-25(38-28(36)37)23(30)15-21(18)24/h3-6,13-16,19,24H,7-12H2,1-2H3/p+1/t24-,34?/m1/s1. The number of amides is 1. The number of piperidine rings is 1. The van der Waals surface area contributed by atoms with Gasteiger partial charge in [-0.05, 0) is 43.2 Å². The van der Waals surface area contributed by atoms with Crippen molar-refractivity contribution in [2.24, 2.45) is 0 Å². The number of benzene rings is 2. The van der Waals surface area contributed by atoms with Crippen LogP contribution in [0.3, 0.4) is 0 Å². The highest BCUT2D eigenvalue weighted by molar-refractivity contribution is 6.33. The van der Waals surface area contributed by atoms with E-state index in [0.717, 1.165) is 29.9 Å². The quantitative estimate of drug-likeness (QED) is 0.257. The second-order valence-corrected chi connectivity index (χ2v) is 10.5. The summed E-state index contributed by atoms with van der Waals surface area (Å²) in [6, 6.07) is 11.4. The molecule has 1 aliphatic carbocycles. The van der Waals surface area contributed by atoms with Gasteiger partial charge < -0.3 is 14.7 Å². The van der Waals surface area contributed by atoms with Crippen molar-refractivity contribution in [3.05, 3.63) is 82.0 Å². The molecular formula is C28H29ClFN4O4+. The first-order valence-corrected chi connectivity index (χ1v) is 13.0. The van der Waals surface area contributed by atoms with E-state index in [1.165, 1.54) is 12.1 Å². The first-order chi connectivity index (χ1) is 18.2. The summed E-state index contributed by atoms with van der Waals surface area (Å²) < 4.78 is 19.6. The van der Waals surface area contributed by atoms with Crippen molar-refractivity contribution < 1.29 is 28.3 Å². The average Bonchev–Trinajstić information content (AvgIpc) is 3.31. The number of hydrogen-bond donors (Lipinski definition) is 1. The lowest BCUT2D eigenvalue weighted by Gasteiger charge is -2.47. The minimum atomic E-state index is -1.57. The van der Waals surface area contributed by atoms with Crippen LogP contribution in [-0.2, 0) is 6.42 Å². The van der Waals surface area contributed by atoms with E-state index in [1.54, 1.807) is 30.6 Å². The third-order valence-corrected chi connectivity index (χ3v) is 8.29. The van der Waals surface area contributed by atoms with E-state index in [9.17, 15) is 14.0 Å². The van der Waals surface area contributed by atoms with E-state index in [4.69, 9.17) is 16.7 Å². The molecule has 1 N–H and O–H groups in total. The zero-order valence-corrected chi connectivity index (χ0v) is 22.0. The van der Waals surface area contributed by atoms with Crippen LogP contribution in [0, 0.1) is 12.7 Å². The molecule has 2 heterocycles. The van der Waals surface area contributed by atoms with E-state index in [0.29, 0.717) is 42.1 Å². The van der Waals surface area contributed by atoms with E-state index >= 15 is 0 Å². The lowest BCUT2D eigenvalue weighted by molar-refractivity contribution is -0.887. The highest BCUT2D eigenvalue weighted by atomic mass is 35.5. The predicted molar refractivity (Wildman–Crippen MR) is 140 cm³/mol. The number of anilines is 1. The normalized spacial score (nSPS) is 19.1. The first-order valence-electron chi connectivity index (χ1n) is 12.6. The Balaban J connectivity index is 1.51. The minimum Gasteiger partial charge on any atom is -0.449 e. The molecule has 38 heavy (non-hydrogen) atoms. The van der Waals surface area contributed by atoms with Crippen LogP contribution in [0.25, 0.3) is 0 Å². The fourth-order valence-corrected chi connectivity index (χ4v) is 6.23. The predicted octanol–water partition coefficient (Wildman–Crippen LogP) is 5.58. The van der Waals surface area contributed by atoms with Gasteiger partial charge in [-0.2, -0.15) is 0 Å². The van der Waals surface area contributed by atoms with Gasteiger partial charge in [-0.1, -0.05) is 23.7 Å². The number of carboxylic acid groups (broad SMARTS) is 1. The Morgan fingerprint density at radius 3 is 2.55 bits per heavy atom. The lowest BCUT2D eigenvalue weighted by Crippen LogP contribution is -2.60. The molecule has 1 saturated heterocycles. The number of rotatable bonds is 5.